The van der Waals surface area contributed by atoms with Gasteiger partial charge in [0.2, 0.25) is 0 Å². The summed E-state index contributed by atoms with van der Waals surface area (Å²) >= 11 is 3.42. The van der Waals surface area contributed by atoms with E-state index in [0.29, 0.717) is 12.1 Å². The maximum Gasteiger partial charge on any atom is 0.126 e. The van der Waals surface area contributed by atoms with Gasteiger partial charge in [-0.05, 0) is 48.7 Å². The van der Waals surface area contributed by atoms with Crippen molar-refractivity contribution in [2.24, 2.45) is 0 Å². The van der Waals surface area contributed by atoms with Crippen molar-refractivity contribution in [3.05, 3.63) is 69.4 Å². The van der Waals surface area contributed by atoms with Gasteiger partial charge < -0.3 is 5.32 Å². The van der Waals surface area contributed by atoms with Crippen LogP contribution in [0.25, 0.3) is 0 Å². The number of rotatable bonds is 4. The molecule has 2 rings (SSSR count). The van der Waals surface area contributed by atoms with Crippen molar-refractivity contribution in [3.63, 3.8) is 0 Å². The Morgan fingerprint density at radius 1 is 1.16 bits per heavy atom. The van der Waals surface area contributed by atoms with Gasteiger partial charge in [0, 0.05) is 17.1 Å². The summed E-state index contributed by atoms with van der Waals surface area (Å²) in [6.45, 7) is 4.54. The Morgan fingerprint density at radius 3 is 2.47 bits per heavy atom. The molecule has 0 saturated carbocycles. The van der Waals surface area contributed by atoms with Crippen LogP contribution in [0.3, 0.4) is 0 Å². The lowest BCUT2D eigenvalue weighted by Crippen LogP contribution is -2.18. The molecule has 0 aliphatic heterocycles. The lowest BCUT2D eigenvalue weighted by atomic mass is 10.1. The van der Waals surface area contributed by atoms with Crippen LogP contribution in [0.2, 0.25) is 0 Å². The van der Waals surface area contributed by atoms with Gasteiger partial charge in [0.25, 0.3) is 0 Å². The summed E-state index contributed by atoms with van der Waals surface area (Å²) < 4.78 is 14.5. The van der Waals surface area contributed by atoms with Gasteiger partial charge in [0.15, 0.2) is 0 Å². The number of hydrogen-bond acceptors (Lipinski definition) is 1. The average Bonchev–Trinajstić information content (AvgIpc) is 2.40. The molecule has 1 N–H and O–H groups in total. The minimum atomic E-state index is -0.143. The minimum Gasteiger partial charge on any atom is -0.306 e. The molecular weight excluding hydrogens is 305 g/mol. The summed E-state index contributed by atoms with van der Waals surface area (Å²) in [5.74, 6) is -0.143. The second-order valence-electron chi connectivity index (χ2n) is 4.74. The zero-order valence-corrected chi connectivity index (χ0v) is 12.7. The number of nitrogens with one attached hydrogen (secondary N) is 1. The van der Waals surface area contributed by atoms with E-state index >= 15 is 0 Å². The fourth-order valence-corrected chi connectivity index (χ4v) is 2.15. The summed E-state index contributed by atoms with van der Waals surface area (Å²) in [6.07, 6.45) is 0. The maximum atomic E-state index is 13.4. The highest BCUT2D eigenvalue weighted by Gasteiger charge is 2.05. The van der Waals surface area contributed by atoms with Crippen LogP contribution in [-0.4, -0.2) is 0 Å². The molecule has 0 saturated heterocycles. The number of halogens is 2. The Kier molecular flexibility index (Phi) is 4.72. The Hall–Kier alpha value is -1.19. The van der Waals surface area contributed by atoms with Crippen LogP contribution in [0.4, 0.5) is 4.39 Å². The zero-order valence-electron chi connectivity index (χ0n) is 11.1. The van der Waals surface area contributed by atoms with Crippen LogP contribution in [0.15, 0.2) is 46.9 Å². The predicted octanol–water partition coefficient (Wildman–Crippen LogP) is 4.75. The molecule has 0 radical (unpaired) electrons. The molecule has 0 heterocycles. The second kappa shape index (κ2) is 6.31. The number of hydrogen-bond donors (Lipinski definition) is 1. The topological polar surface area (TPSA) is 12.0 Å². The van der Waals surface area contributed by atoms with Crippen molar-refractivity contribution in [2.75, 3.05) is 0 Å². The molecule has 0 aliphatic rings. The zero-order chi connectivity index (χ0) is 13.8. The first-order valence-corrected chi connectivity index (χ1v) is 7.09. The summed E-state index contributed by atoms with van der Waals surface area (Å²) in [6, 6.07) is 13.8. The van der Waals surface area contributed by atoms with E-state index in [1.54, 1.807) is 13.0 Å². The van der Waals surface area contributed by atoms with Gasteiger partial charge in [-0.3, -0.25) is 0 Å². The fraction of sp³-hybridized carbons (Fsp3) is 0.250. The first-order valence-electron chi connectivity index (χ1n) is 6.30. The van der Waals surface area contributed by atoms with Gasteiger partial charge in [-0.15, -0.1) is 0 Å². The normalized spacial score (nSPS) is 12.4. The first-order chi connectivity index (χ1) is 9.06. The van der Waals surface area contributed by atoms with Gasteiger partial charge in [-0.25, -0.2) is 4.39 Å². The van der Waals surface area contributed by atoms with Crippen molar-refractivity contribution in [2.45, 2.75) is 26.4 Å². The second-order valence-corrected chi connectivity index (χ2v) is 5.65. The first kappa shape index (κ1) is 14.2. The lowest BCUT2D eigenvalue weighted by Gasteiger charge is -2.14. The standard InChI is InChI=1S/C16H17BrFN/c1-11-3-4-13(9-16(11)18)10-19-12(2)14-5-7-15(17)8-6-14/h3-9,12,19H,10H2,1-2H3/t12-/m1/s1. The Bertz CT molecular complexity index is 551. The summed E-state index contributed by atoms with van der Waals surface area (Å²) in [5, 5.41) is 3.40. The summed E-state index contributed by atoms with van der Waals surface area (Å²) in [5.41, 5.74) is 2.87. The van der Waals surface area contributed by atoms with Crippen molar-refractivity contribution in [1.29, 1.82) is 0 Å². The van der Waals surface area contributed by atoms with Gasteiger partial charge in [0.05, 0.1) is 0 Å². The Balaban J connectivity index is 1.98. The molecule has 0 bridgehead atoms. The minimum absolute atomic E-state index is 0.143. The molecule has 0 unspecified atom stereocenters. The smallest absolute Gasteiger partial charge is 0.126 e. The summed E-state index contributed by atoms with van der Waals surface area (Å²) in [4.78, 5) is 0. The van der Waals surface area contributed by atoms with E-state index in [2.05, 4.69) is 40.3 Å². The highest BCUT2D eigenvalue weighted by molar-refractivity contribution is 9.10. The molecule has 0 fully saturated rings. The quantitative estimate of drug-likeness (QED) is 0.857. The third-order valence-electron chi connectivity index (χ3n) is 3.22. The van der Waals surface area contributed by atoms with Crippen LogP contribution in [0, 0.1) is 12.7 Å². The number of aryl methyl sites for hydroxylation is 1. The van der Waals surface area contributed by atoms with E-state index in [4.69, 9.17) is 0 Å². The third kappa shape index (κ3) is 3.88. The average molecular weight is 322 g/mol. The van der Waals surface area contributed by atoms with Crippen LogP contribution >= 0.6 is 15.9 Å². The largest absolute Gasteiger partial charge is 0.306 e. The monoisotopic (exact) mass is 321 g/mol. The molecule has 0 aromatic heterocycles. The van der Waals surface area contributed by atoms with Crippen molar-refractivity contribution >= 4 is 15.9 Å². The van der Waals surface area contributed by atoms with Gasteiger partial charge in [-0.2, -0.15) is 0 Å². The van der Waals surface area contributed by atoms with Crippen molar-refractivity contribution < 1.29 is 4.39 Å². The molecule has 1 nitrogen and oxygen atoms in total. The molecule has 0 amide bonds. The van der Waals surface area contributed by atoms with E-state index in [0.717, 1.165) is 10.0 Å². The van der Waals surface area contributed by atoms with Crippen molar-refractivity contribution in [3.8, 4) is 0 Å². The van der Waals surface area contributed by atoms with Gasteiger partial charge >= 0.3 is 0 Å². The number of benzene rings is 2. The molecule has 2 aromatic rings. The Morgan fingerprint density at radius 2 is 1.84 bits per heavy atom. The van der Waals surface area contributed by atoms with Crippen molar-refractivity contribution in [1.82, 2.24) is 5.32 Å². The molecule has 19 heavy (non-hydrogen) atoms. The molecule has 100 valence electrons. The van der Waals surface area contributed by atoms with E-state index < -0.39 is 0 Å². The Labute approximate surface area is 122 Å². The molecule has 3 heteroatoms. The summed E-state index contributed by atoms with van der Waals surface area (Å²) in [7, 11) is 0. The van der Waals surface area contributed by atoms with E-state index in [1.807, 2.05) is 24.3 Å². The van der Waals surface area contributed by atoms with E-state index in [1.165, 1.54) is 5.56 Å². The molecular formula is C16H17BrFN. The third-order valence-corrected chi connectivity index (χ3v) is 3.75. The molecule has 2 aromatic carbocycles. The SMILES string of the molecule is Cc1ccc(CN[C@H](C)c2ccc(Br)cc2)cc1F. The van der Waals surface area contributed by atoms with E-state index in [9.17, 15) is 4.39 Å². The molecule has 1 atom stereocenters. The molecule has 0 aliphatic carbocycles. The van der Waals surface area contributed by atoms with Gasteiger partial charge in [-0.1, -0.05) is 40.2 Å². The van der Waals surface area contributed by atoms with Crippen LogP contribution in [0.5, 0.6) is 0 Å². The maximum absolute atomic E-state index is 13.4. The highest BCUT2D eigenvalue weighted by Crippen LogP contribution is 2.17. The van der Waals surface area contributed by atoms with Crippen LogP contribution in [0.1, 0.15) is 29.7 Å². The fourth-order valence-electron chi connectivity index (χ4n) is 1.89. The predicted molar refractivity (Wildman–Crippen MR) is 80.5 cm³/mol. The van der Waals surface area contributed by atoms with Crippen LogP contribution in [-0.2, 0) is 6.54 Å². The lowest BCUT2D eigenvalue weighted by molar-refractivity contribution is 0.568. The van der Waals surface area contributed by atoms with Crippen LogP contribution < -0.4 is 5.32 Å². The molecule has 0 spiro atoms. The highest BCUT2D eigenvalue weighted by atomic mass is 79.9. The van der Waals surface area contributed by atoms with Gasteiger partial charge in [0.1, 0.15) is 5.82 Å². The van der Waals surface area contributed by atoms with E-state index in [-0.39, 0.29) is 11.9 Å².